The molecule has 5 heterocycles. The van der Waals surface area contributed by atoms with Crippen LogP contribution in [0.1, 0.15) is 37.5 Å². The molecule has 2 fully saturated rings. The molecule has 0 saturated carbocycles. The monoisotopic (exact) mass is 402 g/mol. The normalized spacial score (nSPS) is 25.7. The van der Waals surface area contributed by atoms with E-state index in [-0.39, 0.29) is 18.0 Å². The van der Waals surface area contributed by atoms with Gasteiger partial charge >= 0.3 is 0 Å². The Morgan fingerprint density at radius 2 is 1.85 bits per heavy atom. The fraction of sp³-hybridized carbons (Fsp3) is 0.389. The lowest BCUT2D eigenvalue weighted by Gasteiger charge is -2.36. The highest BCUT2D eigenvalue weighted by atomic mass is 32.2. The molecule has 2 saturated heterocycles. The molecule has 5 rings (SSSR count). The minimum Gasteiger partial charge on any atom is -0.339 e. The summed E-state index contributed by atoms with van der Waals surface area (Å²) >= 11 is 1.28. The van der Waals surface area contributed by atoms with Gasteiger partial charge in [-0.3, -0.25) is 4.98 Å². The molecule has 1 unspecified atom stereocenters. The van der Waals surface area contributed by atoms with Gasteiger partial charge in [-0.1, -0.05) is 11.2 Å². The fourth-order valence-electron chi connectivity index (χ4n) is 4.26. The van der Waals surface area contributed by atoms with E-state index in [9.17, 15) is 8.42 Å². The van der Waals surface area contributed by atoms with Crippen LogP contribution >= 0.6 is 11.3 Å². The Morgan fingerprint density at radius 1 is 1.11 bits per heavy atom. The molecular formula is C18H18N4O3S2. The van der Waals surface area contributed by atoms with Crippen LogP contribution in [0.25, 0.3) is 11.4 Å². The van der Waals surface area contributed by atoms with Crippen molar-refractivity contribution in [2.75, 3.05) is 0 Å². The van der Waals surface area contributed by atoms with Gasteiger partial charge in [-0.15, -0.1) is 11.3 Å². The molecule has 0 aromatic carbocycles. The smallest absolute Gasteiger partial charge is 0.253 e. The summed E-state index contributed by atoms with van der Waals surface area (Å²) in [7, 11) is -3.42. The van der Waals surface area contributed by atoms with Crippen molar-refractivity contribution in [1.82, 2.24) is 19.4 Å². The third-order valence-electron chi connectivity index (χ3n) is 5.42. The Balaban J connectivity index is 1.39. The van der Waals surface area contributed by atoms with E-state index >= 15 is 0 Å². The van der Waals surface area contributed by atoms with Gasteiger partial charge in [0.05, 0.1) is 0 Å². The summed E-state index contributed by atoms with van der Waals surface area (Å²) in [6.45, 7) is 0. The van der Waals surface area contributed by atoms with E-state index in [4.69, 9.17) is 4.52 Å². The Morgan fingerprint density at radius 3 is 2.52 bits per heavy atom. The highest BCUT2D eigenvalue weighted by Gasteiger charge is 2.48. The number of aromatic nitrogens is 3. The first-order valence-electron chi connectivity index (χ1n) is 8.94. The number of piperidine rings is 1. The van der Waals surface area contributed by atoms with Crippen LogP contribution in [0, 0.1) is 0 Å². The van der Waals surface area contributed by atoms with E-state index in [1.54, 1.807) is 34.2 Å². The van der Waals surface area contributed by atoms with Crippen molar-refractivity contribution in [3.05, 3.63) is 47.9 Å². The second-order valence-corrected chi connectivity index (χ2v) is 10.0. The zero-order valence-corrected chi connectivity index (χ0v) is 16.1. The van der Waals surface area contributed by atoms with Gasteiger partial charge in [0.15, 0.2) is 0 Å². The molecule has 9 heteroatoms. The predicted molar refractivity (Wildman–Crippen MR) is 99.7 cm³/mol. The number of pyridine rings is 1. The Bertz CT molecular complexity index is 1020. The number of thiophene rings is 1. The molecule has 0 spiro atoms. The summed E-state index contributed by atoms with van der Waals surface area (Å²) in [4.78, 5) is 8.57. The van der Waals surface area contributed by atoms with E-state index < -0.39 is 10.0 Å². The number of hydrogen-bond donors (Lipinski definition) is 0. The van der Waals surface area contributed by atoms with Crippen molar-refractivity contribution >= 4 is 21.4 Å². The summed E-state index contributed by atoms with van der Waals surface area (Å²) in [5.74, 6) is 1.25. The molecule has 7 nitrogen and oxygen atoms in total. The van der Waals surface area contributed by atoms with Crippen molar-refractivity contribution in [3.63, 3.8) is 0 Å². The van der Waals surface area contributed by atoms with Gasteiger partial charge in [0.2, 0.25) is 11.7 Å². The van der Waals surface area contributed by atoms with Crippen LogP contribution in [-0.2, 0) is 10.0 Å². The molecule has 27 heavy (non-hydrogen) atoms. The minimum absolute atomic E-state index is 0.00266. The van der Waals surface area contributed by atoms with Crippen LogP contribution < -0.4 is 0 Å². The zero-order chi connectivity index (χ0) is 18.4. The van der Waals surface area contributed by atoms with Crippen LogP contribution in [0.3, 0.4) is 0 Å². The summed E-state index contributed by atoms with van der Waals surface area (Å²) in [5, 5.41) is 5.90. The standard InChI is InChI=1S/C18H18N4O3S2/c23-27(24,16-2-1-9-26-16)22-14-3-4-15(22)11-13(10-14)18-20-17(21-25-18)12-5-7-19-8-6-12/h1-2,5-9,13-15H,3-4,10-11H2/t13?,14-,15+. The number of rotatable bonds is 4. The molecule has 0 amide bonds. The van der Waals surface area contributed by atoms with E-state index in [1.165, 1.54) is 11.3 Å². The van der Waals surface area contributed by atoms with Gasteiger partial charge in [0.1, 0.15) is 4.21 Å². The quantitative estimate of drug-likeness (QED) is 0.665. The third-order valence-corrected chi connectivity index (χ3v) is 8.80. The van der Waals surface area contributed by atoms with Gasteiger partial charge in [-0.2, -0.15) is 9.29 Å². The molecule has 3 aromatic rings. The molecule has 3 aromatic heterocycles. The average molecular weight is 403 g/mol. The van der Waals surface area contributed by atoms with Crippen molar-refractivity contribution in [2.45, 2.75) is 47.9 Å². The maximum atomic E-state index is 13.0. The van der Waals surface area contributed by atoms with Crippen LogP contribution in [-0.4, -0.2) is 39.9 Å². The molecule has 2 aliphatic heterocycles. The minimum atomic E-state index is -3.42. The topological polar surface area (TPSA) is 89.2 Å². The molecule has 2 aliphatic rings. The first-order valence-corrected chi connectivity index (χ1v) is 11.3. The molecule has 0 N–H and O–H groups in total. The molecule has 3 atom stereocenters. The first kappa shape index (κ1) is 17.0. The average Bonchev–Trinajstić information content (AvgIpc) is 3.42. The van der Waals surface area contributed by atoms with Crippen LogP contribution in [0.4, 0.5) is 0 Å². The van der Waals surface area contributed by atoms with Gasteiger partial charge < -0.3 is 4.52 Å². The van der Waals surface area contributed by atoms with E-state index in [0.29, 0.717) is 15.9 Å². The number of fused-ring (bicyclic) bond motifs is 2. The van der Waals surface area contributed by atoms with Crippen molar-refractivity contribution in [1.29, 1.82) is 0 Å². The lowest BCUT2D eigenvalue weighted by atomic mass is 9.92. The lowest BCUT2D eigenvalue weighted by Crippen LogP contribution is -2.45. The zero-order valence-electron chi connectivity index (χ0n) is 14.4. The molecule has 140 valence electrons. The van der Waals surface area contributed by atoms with Crippen molar-refractivity contribution < 1.29 is 12.9 Å². The lowest BCUT2D eigenvalue weighted by molar-refractivity contribution is 0.202. The SMILES string of the molecule is O=S(=O)(c1cccs1)N1[C@@H]2CC[C@H]1CC(c1nc(-c3ccncc3)no1)C2. The highest BCUT2D eigenvalue weighted by Crippen LogP contribution is 2.45. The molecule has 0 radical (unpaired) electrons. The number of sulfonamides is 1. The predicted octanol–water partition coefficient (Wildman–Crippen LogP) is 3.29. The molecular weight excluding hydrogens is 384 g/mol. The fourth-order valence-corrected chi connectivity index (χ4v) is 7.25. The van der Waals surface area contributed by atoms with Crippen LogP contribution in [0.2, 0.25) is 0 Å². The summed E-state index contributed by atoms with van der Waals surface area (Å²) < 4.78 is 33.7. The number of hydrogen-bond acceptors (Lipinski definition) is 7. The summed E-state index contributed by atoms with van der Waals surface area (Å²) in [6, 6.07) is 7.15. The van der Waals surface area contributed by atoms with Crippen LogP contribution in [0.15, 0.2) is 50.8 Å². The molecule has 0 aliphatic carbocycles. The number of nitrogens with zero attached hydrogens (tertiary/aromatic N) is 4. The first-order chi connectivity index (χ1) is 13.1. The van der Waals surface area contributed by atoms with Gasteiger partial charge in [0.25, 0.3) is 10.0 Å². The van der Waals surface area contributed by atoms with E-state index in [1.807, 2.05) is 12.1 Å². The van der Waals surface area contributed by atoms with E-state index in [2.05, 4.69) is 15.1 Å². The largest absolute Gasteiger partial charge is 0.339 e. The highest BCUT2D eigenvalue weighted by molar-refractivity contribution is 7.91. The maximum Gasteiger partial charge on any atom is 0.253 e. The summed E-state index contributed by atoms with van der Waals surface area (Å²) in [5.41, 5.74) is 0.862. The Hall–Kier alpha value is -2.10. The van der Waals surface area contributed by atoms with Crippen molar-refractivity contribution in [3.8, 4) is 11.4 Å². The second-order valence-electron chi connectivity index (χ2n) is 7.01. The summed E-state index contributed by atoms with van der Waals surface area (Å²) in [6.07, 6.45) is 6.60. The van der Waals surface area contributed by atoms with Gasteiger partial charge in [-0.25, -0.2) is 8.42 Å². The van der Waals surface area contributed by atoms with Gasteiger partial charge in [0, 0.05) is 36.0 Å². The van der Waals surface area contributed by atoms with Gasteiger partial charge in [-0.05, 0) is 49.3 Å². The molecule has 2 bridgehead atoms. The van der Waals surface area contributed by atoms with Crippen molar-refractivity contribution in [2.24, 2.45) is 0 Å². The second kappa shape index (κ2) is 6.50. The van der Waals surface area contributed by atoms with Crippen LogP contribution in [0.5, 0.6) is 0 Å². The Labute approximate surface area is 161 Å². The Kier molecular flexibility index (Phi) is 4.10. The maximum absolute atomic E-state index is 13.0. The van der Waals surface area contributed by atoms with E-state index in [0.717, 1.165) is 31.2 Å². The third kappa shape index (κ3) is 2.90.